The zero-order chi connectivity index (χ0) is 24.7. The lowest BCUT2D eigenvalue weighted by atomic mass is 10.1. The largest absolute Gasteiger partial charge is 0.496 e. The van der Waals surface area contributed by atoms with Crippen LogP contribution in [0.3, 0.4) is 0 Å². The molecule has 2 aromatic carbocycles. The highest BCUT2D eigenvalue weighted by molar-refractivity contribution is 7.22. The highest BCUT2D eigenvalue weighted by Gasteiger charge is 2.24. The summed E-state index contributed by atoms with van der Waals surface area (Å²) in [6, 6.07) is 10.6. The first-order valence-electron chi connectivity index (χ1n) is 11.5. The molecule has 4 aromatic rings. The van der Waals surface area contributed by atoms with Gasteiger partial charge in [0.15, 0.2) is 0 Å². The van der Waals surface area contributed by atoms with Crippen molar-refractivity contribution in [1.29, 1.82) is 0 Å². The van der Waals surface area contributed by atoms with Crippen LogP contribution in [0.15, 0.2) is 52.1 Å². The number of piperidine rings is 1. The van der Waals surface area contributed by atoms with Gasteiger partial charge in [-0.3, -0.25) is 13.9 Å². The maximum atomic E-state index is 14.3. The molecule has 10 heteroatoms. The summed E-state index contributed by atoms with van der Waals surface area (Å²) in [6.07, 6.45) is 1.34. The third-order valence-electron chi connectivity index (χ3n) is 6.53. The van der Waals surface area contributed by atoms with Crippen molar-refractivity contribution < 1.29 is 13.5 Å². The lowest BCUT2D eigenvalue weighted by Crippen LogP contribution is -2.45. The second-order valence-corrected chi connectivity index (χ2v) is 9.83. The van der Waals surface area contributed by atoms with Gasteiger partial charge in [0.1, 0.15) is 22.1 Å². The molecule has 2 aromatic heterocycles. The van der Waals surface area contributed by atoms with Gasteiger partial charge in [-0.2, -0.15) is 0 Å². The number of rotatable bonds is 5. The number of ether oxygens (including phenoxy) is 1. The Morgan fingerprint density at radius 3 is 2.53 bits per heavy atom. The minimum absolute atomic E-state index is 0. The van der Waals surface area contributed by atoms with E-state index >= 15 is 0 Å². The predicted octanol–water partition coefficient (Wildman–Crippen LogP) is 4.88. The molecule has 6 nitrogen and oxygen atoms in total. The number of hydrogen-bond acceptors (Lipinski definition) is 5. The molecule has 3 heterocycles. The second-order valence-electron chi connectivity index (χ2n) is 8.78. The number of aromatic nitrogens is 2. The van der Waals surface area contributed by atoms with Crippen molar-refractivity contribution in [1.82, 2.24) is 14.5 Å². The topological polar surface area (TPSA) is 65.3 Å². The van der Waals surface area contributed by atoms with Crippen molar-refractivity contribution in [3.8, 4) is 16.2 Å². The fraction of sp³-hybridized carbons (Fsp3) is 0.308. The SMILES string of the molecule is COc1cc(F)ccc1-c1cc2c(s1)c(=O)n(C1CCNCC1)c(=O)n2Cc1ccc(C)c(F)c1.Cl. The molecular weight excluding hydrogens is 508 g/mol. The number of hydrogen-bond donors (Lipinski definition) is 1. The van der Waals surface area contributed by atoms with E-state index in [4.69, 9.17) is 4.74 Å². The van der Waals surface area contributed by atoms with Crippen LogP contribution in [0.5, 0.6) is 5.75 Å². The van der Waals surface area contributed by atoms with Gasteiger partial charge >= 0.3 is 5.69 Å². The molecule has 1 saturated heterocycles. The monoisotopic (exact) mass is 533 g/mol. The molecule has 0 amide bonds. The fourth-order valence-electron chi connectivity index (χ4n) is 4.62. The van der Waals surface area contributed by atoms with Crippen LogP contribution in [-0.4, -0.2) is 29.3 Å². The average Bonchev–Trinajstić information content (AvgIpc) is 3.30. The molecule has 0 bridgehead atoms. The standard InChI is InChI=1S/C26H25F2N3O3S.ClH/c1-15-3-4-16(11-20(15)28)14-30-21-13-23(19-6-5-17(27)12-22(19)34-2)35-24(21)25(32)31(26(30)33)18-7-9-29-10-8-18;/h3-6,11-13,18,29H,7-10,14H2,1-2H3;1H. The molecule has 0 radical (unpaired) electrons. The third kappa shape index (κ3) is 4.70. The Bertz CT molecular complexity index is 1540. The Labute approximate surface area is 216 Å². The maximum absolute atomic E-state index is 14.3. The number of thiophene rings is 1. The minimum atomic E-state index is -0.432. The molecule has 5 rings (SSSR count). The molecule has 0 saturated carbocycles. The van der Waals surface area contributed by atoms with Crippen LogP contribution >= 0.6 is 23.7 Å². The number of nitrogens with one attached hydrogen (secondary N) is 1. The predicted molar refractivity (Wildman–Crippen MR) is 141 cm³/mol. The van der Waals surface area contributed by atoms with E-state index in [-0.39, 0.29) is 36.4 Å². The summed E-state index contributed by atoms with van der Waals surface area (Å²) in [5, 5.41) is 3.26. The lowest BCUT2D eigenvalue weighted by molar-refractivity contribution is 0.346. The van der Waals surface area contributed by atoms with Gasteiger partial charge in [-0.25, -0.2) is 13.6 Å². The molecule has 0 unspecified atom stereocenters. The van der Waals surface area contributed by atoms with E-state index in [0.29, 0.717) is 50.4 Å². The maximum Gasteiger partial charge on any atom is 0.332 e. The minimum Gasteiger partial charge on any atom is -0.496 e. The molecule has 0 spiro atoms. The van der Waals surface area contributed by atoms with Crippen LogP contribution in [0.2, 0.25) is 0 Å². The van der Waals surface area contributed by atoms with Crippen LogP contribution in [0.25, 0.3) is 20.7 Å². The van der Waals surface area contributed by atoms with Crippen molar-refractivity contribution in [2.24, 2.45) is 0 Å². The van der Waals surface area contributed by atoms with Crippen LogP contribution in [0, 0.1) is 18.6 Å². The smallest absolute Gasteiger partial charge is 0.332 e. The summed E-state index contributed by atoms with van der Waals surface area (Å²) in [6.45, 7) is 3.25. The van der Waals surface area contributed by atoms with Gasteiger partial charge in [-0.1, -0.05) is 12.1 Å². The van der Waals surface area contributed by atoms with Gasteiger partial charge in [0, 0.05) is 22.5 Å². The molecule has 0 aliphatic carbocycles. The summed E-state index contributed by atoms with van der Waals surface area (Å²) in [5.74, 6) is -0.441. The van der Waals surface area contributed by atoms with Crippen molar-refractivity contribution in [2.75, 3.05) is 20.2 Å². The van der Waals surface area contributed by atoms with Crippen molar-refractivity contribution in [3.63, 3.8) is 0 Å². The van der Waals surface area contributed by atoms with E-state index in [1.807, 2.05) is 0 Å². The Hall–Kier alpha value is -3.01. The zero-order valence-electron chi connectivity index (χ0n) is 19.8. The first kappa shape index (κ1) is 26.1. The first-order chi connectivity index (χ1) is 16.9. The number of benzene rings is 2. The van der Waals surface area contributed by atoms with E-state index in [2.05, 4.69) is 5.32 Å². The van der Waals surface area contributed by atoms with E-state index in [9.17, 15) is 18.4 Å². The Morgan fingerprint density at radius 2 is 1.83 bits per heavy atom. The van der Waals surface area contributed by atoms with Crippen molar-refractivity contribution in [2.45, 2.75) is 32.4 Å². The van der Waals surface area contributed by atoms with Crippen LogP contribution < -0.4 is 21.3 Å². The Balaban J connectivity index is 0.00000304. The van der Waals surface area contributed by atoms with Gasteiger partial charge < -0.3 is 10.1 Å². The summed E-state index contributed by atoms with van der Waals surface area (Å²) < 4.78 is 36.8. The summed E-state index contributed by atoms with van der Waals surface area (Å²) >= 11 is 1.24. The summed E-state index contributed by atoms with van der Waals surface area (Å²) in [7, 11) is 1.46. The highest BCUT2D eigenvalue weighted by Crippen LogP contribution is 2.37. The third-order valence-corrected chi connectivity index (χ3v) is 7.68. The van der Waals surface area contributed by atoms with Gasteiger partial charge in [-0.15, -0.1) is 23.7 Å². The normalized spacial score (nSPS) is 14.1. The lowest BCUT2D eigenvalue weighted by Gasteiger charge is -2.25. The van der Waals surface area contributed by atoms with Crippen LogP contribution in [0.4, 0.5) is 8.78 Å². The average molecular weight is 534 g/mol. The molecular formula is C26H26ClF2N3O3S. The van der Waals surface area contributed by atoms with Crippen LogP contribution in [0.1, 0.15) is 30.0 Å². The fourth-order valence-corrected chi connectivity index (χ4v) is 5.75. The Kier molecular flexibility index (Phi) is 7.63. The number of fused-ring (bicyclic) bond motifs is 1. The van der Waals surface area contributed by atoms with Gasteiger partial charge in [0.25, 0.3) is 5.56 Å². The van der Waals surface area contributed by atoms with E-state index < -0.39 is 11.5 Å². The highest BCUT2D eigenvalue weighted by atomic mass is 35.5. The molecule has 190 valence electrons. The molecule has 36 heavy (non-hydrogen) atoms. The molecule has 1 fully saturated rings. The molecule has 0 atom stereocenters. The quantitative estimate of drug-likeness (QED) is 0.397. The summed E-state index contributed by atoms with van der Waals surface area (Å²) in [4.78, 5) is 28.0. The number of methoxy groups -OCH3 is 1. The molecule has 1 aliphatic heterocycles. The van der Waals surface area contributed by atoms with Gasteiger partial charge in [-0.05, 0) is 68.2 Å². The summed E-state index contributed by atoms with van der Waals surface area (Å²) in [5.41, 5.74) is 1.50. The van der Waals surface area contributed by atoms with Crippen molar-refractivity contribution >= 4 is 34.0 Å². The molecule has 1 N–H and O–H groups in total. The zero-order valence-corrected chi connectivity index (χ0v) is 21.5. The van der Waals surface area contributed by atoms with Crippen LogP contribution in [-0.2, 0) is 6.54 Å². The van der Waals surface area contributed by atoms with E-state index in [0.717, 1.165) is 13.1 Å². The molecule has 1 aliphatic rings. The Morgan fingerprint density at radius 1 is 1.08 bits per heavy atom. The van der Waals surface area contributed by atoms with E-state index in [1.165, 1.54) is 41.2 Å². The number of nitrogens with zero attached hydrogens (tertiary/aromatic N) is 2. The number of halogens is 3. The number of aryl methyl sites for hydroxylation is 1. The van der Waals surface area contributed by atoms with Gasteiger partial charge in [0.2, 0.25) is 0 Å². The van der Waals surface area contributed by atoms with Gasteiger partial charge in [0.05, 0.1) is 19.2 Å². The van der Waals surface area contributed by atoms with E-state index in [1.54, 1.807) is 35.8 Å². The first-order valence-corrected chi connectivity index (χ1v) is 12.3. The second kappa shape index (κ2) is 10.5. The van der Waals surface area contributed by atoms with Crippen molar-refractivity contribution in [3.05, 3.63) is 86.1 Å².